The van der Waals surface area contributed by atoms with Gasteiger partial charge in [-0.05, 0) is 81.5 Å². The van der Waals surface area contributed by atoms with Crippen molar-refractivity contribution < 1.29 is 4.79 Å². The van der Waals surface area contributed by atoms with Crippen LogP contribution in [-0.2, 0) is 4.79 Å². The minimum atomic E-state index is -0.0951. The third kappa shape index (κ3) is 4.79. The van der Waals surface area contributed by atoms with Gasteiger partial charge < -0.3 is 14.8 Å². The summed E-state index contributed by atoms with van der Waals surface area (Å²) in [6.07, 6.45) is 6.83. The average Bonchev–Trinajstić information content (AvgIpc) is 3.30. The molecule has 1 amide bonds. The van der Waals surface area contributed by atoms with Crippen LogP contribution in [0.2, 0.25) is 0 Å². The fourth-order valence-electron chi connectivity index (χ4n) is 5.53. The maximum absolute atomic E-state index is 13.9. The van der Waals surface area contributed by atoms with Gasteiger partial charge in [0.2, 0.25) is 0 Å². The molecule has 2 aliphatic rings. The zero-order valence-corrected chi connectivity index (χ0v) is 21.9. The maximum Gasteiger partial charge on any atom is 0.262 e. The highest BCUT2D eigenvalue weighted by Gasteiger charge is 2.43. The SMILES string of the molecule is Cc1ccc(-n2c(C)cc(/C=C3\SC(Nc4ccccc4)N([C@H]4CCCC[C@@H]4C)C3=O)c2C)cc1. The quantitative estimate of drug-likeness (QED) is 0.386. The number of aryl methyl sites for hydroxylation is 2. The van der Waals surface area contributed by atoms with Crippen LogP contribution in [-0.4, -0.2) is 26.9 Å². The van der Waals surface area contributed by atoms with Gasteiger partial charge in [-0.15, -0.1) is 0 Å². The predicted octanol–water partition coefficient (Wildman–Crippen LogP) is 7.29. The predicted molar refractivity (Wildman–Crippen MR) is 148 cm³/mol. The summed E-state index contributed by atoms with van der Waals surface area (Å²) in [4.78, 5) is 16.8. The van der Waals surface area contributed by atoms with E-state index >= 15 is 0 Å². The first-order valence-electron chi connectivity index (χ1n) is 12.7. The minimum absolute atomic E-state index is 0.0951. The maximum atomic E-state index is 13.9. The van der Waals surface area contributed by atoms with Crippen LogP contribution in [0.3, 0.4) is 0 Å². The number of thioether (sulfide) groups is 1. The van der Waals surface area contributed by atoms with Crippen LogP contribution in [0.25, 0.3) is 11.8 Å². The highest BCUT2D eigenvalue weighted by molar-refractivity contribution is 8.05. The van der Waals surface area contributed by atoms with Crippen molar-refractivity contribution in [3.8, 4) is 5.69 Å². The molecule has 0 spiro atoms. The number of benzene rings is 2. The van der Waals surface area contributed by atoms with Gasteiger partial charge in [0.1, 0.15) is 0 Å². The number of amides is 1. The summed E-state index contributed by atoms with van der Waals surface area (Å²) < 4.78 is 2.27. The van der Waals surface area contributed by atoms with Crippen LogP contribution < -0.4 is 5.32 Å². The number of nitrogens with zero attached hydrogens (tertiary/aromatic N) is 2. The van der Waals surface area contributed by atoms with Crippen LogP contribution >= 0.6 is 11.8 Å². The molecule has 2 heterocycles. The molecule has 3 aromatic rings. The molecule has 4 nitrogen and oxygen atoms in total. The molecule has 1 saturated heterocycles. The van der Waals surface area contributed by atoms with Gasteiger partial charge in [-0.25, -0.2) is 0 Å². The van der Waals surface area contributed by atoms with E-state index in [1.54, 1.807) is 11.8 Å². The highest BCUT2D eigenvalue weighted by Crippen LogP contribution is 2.42. The van der Waals surface area contributed by atoms with Gasteiger partial charge in [0, 0.05) is 28.8 Å². The lowest BCUT2D eigenvalue weighted by Crippen LogP contribution is -2.48. The van der Waals surface area contributed by atoms with Crippen LogP contribution in [0.4, 0.5) is 5.69 Å². The molecule has 1 aliphatic carbocycles. The number of aromatic nitrogens is 1. The van der Waals surface area contributed by atoms with Crippen molar-refractivity contribution in [1.82, 2.24) is 9.47 Å². The van der Waals surface area contributed by atoms with Crippen molar-refractivity contribution in [3.63, 3.8) is 0 Å². The van der Waals surface area contributed by atoms with E-state index in [-0.39, 0.29) is 17.4 Å². The normalized spacial score (nSPS) is 23.8. The molecule has 35 heavy (non-hydrogen) atoms. The standard InChI is InChI=1S/C30H35N3OS/c1-20-14-16-26(17-15-20)32-22(3)18-24(23(32)4)19-28-29(34)33(27-13-9-8-10-21(27)2)30(35-28)31-25-11-6-5-7-12-25/h5-7,11-12,14-19,21,27,30-31H,8-10,13H2,1-4H3/b28-19-/t21-,27-,30?/m0/s1. The van der Waals surface area contributed by atoms with Gasteiger partial charge in [0.05, 0.1) is 4.91 Å². The Labute approximate surface area is 213 Å². The topological polar surface area (TPSA) is 37.3 Å². The van der Waals surface area contributed by atoms with Crippen molar-refractivity contribution in [2.45, 2.75) is 64.9 Å². The van der Waals surface area contributed by atoms with Crippen LogP contribution in [0.15, 0.2) is 65.6 Å². The van der Waals surface area contributed by atoms with E-state index in [0.29, 0.717) is 5.92 Å². The fraction of sp³-hybridized carbons (Fsp3) is 0.367. The molecule has 2 aromatic carbocycles. The first-order chi connectivity index (χ1) is 16.9. The van der Waals surface area contributed by atoms with Crippen molar-refractivity contribution in [2.75, 3.05) is 5.32 Å². The lowest BCUT2D eigenvalue weighted by atomic mass is 9.85. The minimum Gasteiger partial charge on any atom is -0.356 e. The third-order valence-corrected chi connectivity index (χ3v) is 8.59. The number of hydrogen-bond donors (Lipinski definition) is 1. The number of anilines is 1. The fourth-order valence-corrected chi connectivity index (χ4v) is 6.74. The van der Waals surface area contributed by atoms with Gasteiger partial charge in [0.15, 0.2) is 5.50 Å². The Morgan fingerprint density at radius 1 is 0.971 bits per heavy atom. The van der Waals surface area contributed by atoms with E-state index in [4.69, 9.17) is 0 Å². The molecule has 1 aliphatic heterocycles. The summed E-state index contributed by atoms with van der Waals surface area (Å²) in [6.45, 7) is 8.69. The summed E-state index contributed by atoms with van der Waals surface area (Å²) >= 11 is 1.65. The van der Waals surface area contributed by atoms with E-state index in [1.807, 2.05) is 18.2 Å². The Balaban J connectivity index is 1.49. The number of carbonyl (C=O) groups is 1. The number of para-hydroxylation sites is 1. The molecule has 2 fully saturated rings. The number of carbonyl (C=O) groups excluding carboxylic acids is 1. The van der Waals surface area contributed by atoms with Crippen molar-refractivity contribution in [1.29, 1.82) is 0 Å². The molecular weight excluding hydrogens is 450 g/mol. The van der Waals surface area contributed by atoms with Gasteiger partial charge in [-0.3, -0.25) is 4.79 Å². The monoisotopic (exact) mass is 485 g/mol. The molecule has 0 bridgehead atoms. The van der Waals surface area contributed by atoms with Gasteiger partial charge in [-0.2, -0.15) is 0 Å². The van der Waals surface area contributed by atoms with E-state index in [2.05, 4.69) is 91.0 Å². The Bertz CT molecular complexity index is 1230. The van der Waals surface area contributed by atoms with Gasteiger partial charge in [0.25, 0.3) is 5.91 Å². The second kappa shape index (κ2) is 9.98. The summed E-state index contributed by atoms with van der Waals surface area (Å²) in [6, 6.07) is 21.3. The molecule has 182 valence electrons. The highest BCUT2D eigenvalue weighted by atomic mass is 32.2. The van der Waals surface area contributed by atoms with Crippen molar-refractivity contribution in [3.05, 3.63) is 88.1 Å². The third-order valence-electron chi connectivity index (χ3n) is 7.47. The summed E-state index contributed by atoms with van der Waals surface area (Å²) in [5.41, 5.74) is 6.79. The Kier molecular flexibility index (Phi) is 6.79. The second-order valence-corrected chi connectivity index (χ2v) is 11.2. The molecule has 5 rings (SSSR count). The van der Waals surface area contributed by atoms with Crippen LogP contribution in [0.1, 0.15) is 55.1 Å². The first kappa shape index (κ1) is 23.8. The molecule has 1 aromatic heterocycles. The molecule has 5 heteroatoms. The number of nitrogens with one attached hydrogen (secondary N) is 1. The van der Waals surface area contributed by atoms with Crippen molar-refractivity contribution in [2.24, 2.45) is 5.92 Å². The Morgan fingerprint density at radius 3 is 2.40 bits per heavy atom. The van der Waals surface area contributed by atoms with E-state index in [1.165, 1.54) is 30.5 Å². The van der Waals surface area contributed by atoms with E-state index < -0.39 is 0 Å². The number of hydrogen-bond acceptors (Lipinski definition) is 3. The second-order valence-electron chi connectivity index (χ2n) is 10.0. The zero-order chi connectivity index (χ0) is 24.5. The van der Waals surface area contributed by atoms with Gasteiger partial charge in [-0.1, -0.05) is 67.4 Å². The zero-order valence-electron chi connectivity index (χ0n) is 21.1. The largest absolute Gasteiger partial charge is 0.356 e. The molecule has 1 unspecified atom stereocenters. The van der Waals surface area contributed by atoms with Crippen LogP contribution in [0.5, 0.6) is 0 Å². The van der Waals surface area contributed by atoms with E-state index in [0.717, 1.165) is 34.0 Å². The number of rotatable bonds is 5. The lowest BCUT2D eigenvalue weighted by molar-refractivity contribution is -0.129. The Morgan fingerprint density at radius 2 is 1.69 bits per heavy atom. The molecular formula is C30H35N3OS. The first-order valence-corrected chi connectivity index (χ1v) is 13.6. The van der Waals surface area contributed by atoms with Gasteiger partial charge >= 0.3 is 0 Å². The molecule has 0 radical (unpaired) electrons. The summed E-state index contributed by atoms with van der Waals surface area (Å²) in [5.74, 6) is 0.668. The van der Waals surface area contributed by atoms with Crippen molar-refractivity contribution >= 4 is 29.4 Å². The van der Waals surface area contributed by atoms with E-state index in [9.17, 15) is 4.79 Å². The molecule has 3 atom stereocenters. The summed E-state index contributed by atoms with van der Waals surface area (Å²) in [5, 5.41) is 3.64. The average molecular weight is 486 g/mol. The molecule has 1 N–H and O–H groups in total. The lowest BCUT2D eigenvalue weighted by Gasteiger charge is -2.39. The Hall–Kier alpha value is -2.92. The smallest absolute Gasteiger partial charge is 0.262 e. The van der Waals surface area contributed by atoms with Crippen LogP contribution in [0, 0.1) is 26.7 Å². The molecule has 1 saturated carbocycles. The summed E-state index contributed by atoms with van der Waals surface area (Å²) in [7, 11) is 0.